The average molecular weight is 440 g/mol. The molecule has 2 aromatic heterocycles. The first-order valence-electron chi connectivity index (χ1n) is 9.30. The Morgan fingerprint density at radius 3 is 2.57 bits per heavy atom. The summed E-state index contributed by atoms with van der Waals surface area (Å²) in [6.45, 7) is 2.07. The highest BCUT2D eigenvalue weighted by Crippen LogP contribution is 2.23. The Kier molecular flexibility index (Phi) is 5.78. The lowest BCUT2D eigenvalue weighted by atomic mass is 10.1. The molecule has 0 bridgehead atoms. The second kappa shape index (κ2) is 8.64. The van der Waals surface area contributed by atoms with Crippen molar-refractivity contribution in [3.63, 3.8) is 0 Å². The summed E-state index contributed by atoms with van der Waals surface area (Å²) in [4.78, 5) is 12.6. The number of nitrogens with zero attached hydrogens (tertiary/aromatic N) is 3. The number of amides is 1. The van der Waals surface area contributed by atoms with Gasteiger partial charge >= 0.3 is 0 Å². The summed E-state index contributed by atoms with van der Waals surface area (Å²) in [6.07, 6.45) is 0.967. The first kappa shape index (κ1) is 20.1. The molecule has 1 amide bonds. The third-order valence-electron chi connectivity index (χ3n) is 4.59. The molecular weight excluding hydrogens is 422 g/mol. The minimum Gasteiger partial charge on any atom is -0.338 e. The van der Waals surface area contributed by atoms with E-state index < -0.39 is 0 Å². The van der Waals surface area contributed by atoms with Crippen molar-refractivity contribution in [2.24, 2.45) is 0 Å². The number of aryl methyl sites for hydroxylation is 1. The summed E-state index contributed by atoms with van der Waals surface area (Å²) in [6, 6.07) is 16.9. The van der Waals surface area contributed by atoms with Gasteiger partial charge in [-0.2, -0.15) is 5.10 Å². The fourth-order valence-electron chi connectivity index (χ4n) is 2.99. The summed E-state index contributed by atoms with van der Waals surface area (Å²) in [5.41, 5.74) is 3.59. The third kappa shape index (κ3) is 4.34. The fourth-order valence-corrected chi connectivity index (χ4v) is 3.31. The highest BCUT2D eigenvalue weighted by atomic mass is 35.5. The van der Waals surface area contributed by atoms with Crippen LogP contribution in [0.2, 0.25) is 5.02 Å². The number of halogens is 1. The zero-order valence-electron chi connectivity index (χ0n) is 16.1. The van der Waals surface area contributed by atoms with Crippen molar-refractivity contribution in [3.8, 4) is 22.6 Å². The Hall–Kier alpha value is -3.23. The van der Waals surface area contributed by atoms with Gasteiger partial charge in [0.05, 0.1) is 0 Å². The van der Waals surface area contributed by atoms with E-state index in [1.807, 2.05) is 36.4 Å². The molecule has 7 nitrogen and oxygen atoms in total. The number of H-pyrrole nitrogens is 1. The van der Waals surface area contributed by atoms with Crippen LogP contribution in [0.1, 0.15) is 12.5 Å². The highest BCUT2D eigenvalue weighted by molar-refractivity contribution is 7.71. The lowest BCUT2D eigenvalue weighted by Gasteiger charge is -2.06. The predicted molar refractivity (Wildman–Crippen MR) is 118 cm³/mol. The standard InChI is InChI=1S/C21H18ClN5O2S/c1-2-13-3-5-14(6-4-13)17-11-19(29-26-17)23-18(28)12-27-20(24-25-21(27)30)15-7-9-16(22)10-8-15/h3-11H,2,12H2,1H3,(H,23,28)(H,25,30). The van der Waals surface area contributed by atoms with Gasteiger partial charge in [0.2, 0.25) is 11.8 Å². The zero-order valence-corrected chi connectivity index (χ0v) is 17.6. The zero-order chi connectivity index (χ0) is 21.1. The maximum Gasteiger partial charge on any atom is 0.246 e. The molecule has 4 rings (SSSR count). The smallest absolute Gasteiger partial charge is 0.246 e. The number of aromatic amines is 1. The van der Waals surface area contributed by atoms with Crippen LogP contribution in [0.25, 0.3) is 22.6 Å². The Bertz CT molecular complexity index is 1230. The Labute approximate surface area is 182 Å². The van der Waals surface area contributed by atoms with E-state index in [-0.39, 0.29) is 18.3 Å². The predicted octanol–water partition coefficient (Wildman–Crippen LogP) is 5.12. The van der Waals surface area contributed by atoms with Crippen molar-refractivity contribution in [3.05, 3.63) is 70.0 Å². The fraction of sp³-hybridized carbons (Fsp3) is 0.143. The molecule has 9 heteroatoms. The van der Waals surface area contributed by atoms with Crippen molar-refractivity contribution in [1.29, 1.82) is 0 Å². The van der Waals surface area contributed by atoms with Crippen LogP contribution in [0.15, 0.2) is 59.1 Å². The van der Waals surface area contributed by atoms with Gasteiger partial charge in [0.1, 0.15) is 12.2 Å². The number of benzene rings is 2. The van der Waals surface area contributed by atoms with Gasteiger partial charge in [0.15, 0.2) is 10.6 Å². The number of hydrogen-bond acceptors (Lipinski definition) is 5. The molecule has 0 fully saturated rings. The van der Waals surface area contributed by atoms with E-state index in [0.29, 0.717) is 21.3 Å². The van der Waals surface area contributed by atoms with Gasteiger partial charge in [0.25, 0.3) is 0 Å². The van der Waals surface area contributed by atoms with Crippen LogP contribution in [0.5, 0.6) is 0 Å². The summed E-state index contributed by atoms with van der Waals surface area (Å²) < 4.78 is 7.21. The van der Waals surface area contributed by atoms with Crippen molar-refractivity contribution in [2.75, 3.05) is 5.32 Å². The van der Waals surface area contributed by atoms with Gasteiger partial charge in [0, 0.05) is 22.2 Å². The van der Waals surface area contributed by atoms with Gasteiger partial charge in [-0.15, -0.1) is 0 Å². The second-order valence-corrected chi connectivity index (χ2v) is 7.44. The molecule has 0 aliphatic heterocycles. The van der Waals surface area contributed by atoms with Crippen LogP contribution in [-0.2, 0) is 17.8 Å². The topological polar surface area (TPSA) is 88.7 Å². The van der Waals surface area contributed by atoms with E-state index >= 15 is 0 Å². The molecule has 0 saturated heterocycles. The number of aromatic nitrogens is 4. The van der Waals surface area contributed by atoms with E-state index in [9.17, 15) is 4.79 Å². The molecule has 0 aliphatic rings. The molecule has 2 N–H and O–H groups in total. The third-order valence-corrected chi connectivity index (χ3v) is 5.16. The first-order chi connectivity index (χ1) is 14.5. The molecule has 4 aromatic rings. The lowest BCUT2D eigenvalue weighted by molar-refractivity contribution is -0.116. The normalized spacial score (nSPS) is 10.9. The van der Waals surface area contributed by atoms with Crippen molar-refractivity contribution in [1.82, 2.24) is 19.9 Å². The Balaban J connectivity index is 1.48. The summed E-state index contributed by atoms with van der Waals surface area (Å²) >= 11 is 11.2. The highest BCUT2D eigenvalue weighted by Gasteiger charge is 2.15. The van der Waals surface area contributed by atoms with Gasteiger partial charge < -0.3 is 4.52 Å². The molecule has 0 spiro atoms. The Morgan fingerprint density at radius 1 is 1.17 bits per heavy atom. The minimum absolute atomic E-state index is 0.0332. The molecule has 30 heavy (non-hydrogen) atoms. The van der Waals surface area contributed by atoms with Gasteiger partial charge in [-0.05, 0) is 48.5 Å². The Morgan fingerprint density at radius 2 is 1.87 bits per heavy atom. The summed E-state index contributed by atoms with van der Waals surface area (Å²) in [5, 5.41) is 14.3. The van der Waals surface area contributed by atoms with Crippen molar-refractivity contribution in [2.45, 2.75) is 19.9 Å². The van der Waals surface area contributed by atoms with E-state index in [1.54, 1.807) is 22.8 Å². The molecule has 0 unspecified atom stereocenters. The lowest BCUT2D eigenvalue weighted by Crippen LogP contribution is -2.19. The summed E-state index contributed by atoms with van der Waals surface area (Å²) in [5.74, 6) is 0.491. The molecular formula is C21H18ClN5O2S. The first-order valence-corrected chi connectivity index (χ1v) is 10.1. The molecule has 0 atom stereocenters. The minimum atomic E-state index is -0.313. The monoisotopic (exact) mass is 439 g/mol. The van der Waals surface area contributed by atoms with Crippen LogP contribution < -0.4 is 5.32 Å². The molecule has 152 valence electrons. The van der Waals surface area contributed by atoms with Gasteiger partial charge in [-0.1, -0.05) is 47.9 Å². The maximum atomic E-state index is 12.6. The van der Waals surface area contributed by atoms with Crippen molar-refractivity contribution < 1.29 is 9.32 Å². The van der Waals surface area contributed by atoms with Crippen LogP contribution in [0.3, 0.4) is 0 Å². The van der Waals surface area contributed by atoms with E-state index in [0.717, 1.165) is 17.5 Å². The van der Waals surface area contributed by atoms with Crippen LogP contribution in [0, 0.1) is 4.77 Å². The second-order valence-electron chi connectivity index (χ2n) is 6.62. The van der Waals surface area contributed by atoms with Gasteiger partial charge in [-0.3, -0.25) is 19.8 Å². The molecule has 2 aromatic carbocycles. The number of anilines is 1. The molecule has 0 saturated carbocycles. The SMILES string of the molecule is CCc1ccc(-c2cc(NC(=O)Cn3c(-c4ccc(Cl)cc4)n[nH]c3=S)on2)cc1. The number of carbonyl (C=O) groups excluding carboxylic acids is 1. The van der Waals surface area contributed by atoms with E-state index in [2.05, 4.69) is 27.6 Å². The van der Waals surface area contributed by atoms with Crippen molar-refractivity contribution >= 4 is 35.6 Å². The van der Waals surface area contributed by atoms with E-state index in [1.165, 1.54) is 5.56 Å². The molecule has 0 radical (unpaired) electrons. The number of hydrogen-bond donors (Lipinski definition) is 2. The summed E-state index contributed by atoms with van der Waals surface area (Å²) in [7, 11) is 0. The van der Waals surface area contributed by atoms with E-state index in [4.69, 9.17) is 28.3 Å². The number of carbonyl (C=O) groups is 1. The number of nitrogens with one attached hydrogen (secondary N) is 2. The van der Waals surface area contributed by atoms with Crippen LogP contribution >= 0.6 is 23.8 Å². The van der Waals surface area contributed by atoms with Crippen LogP contribution in [0.4, 0.5) is 5.88 Å². The quantitative estimate of drug-likeness (QED) is 0.407. The maximum absolute atomic E-state index is 12.6. The molecule has 0 aliphatic carbocycles. The largest absolute Gasteiger partial charge is 0.338 e. The average Bonchev–Trinajstić information content (AvgIpc) is 3.36. The van der Waals surface area contributed by atoms with Gasteiger partial charge in [-0.25, -0.2) is 0 Å². The molecule has 2 heterocycles. The van der Waals surface area contributed by atoms with Crippen LogP contribution in [-0.4, -0.2) is 25.8 Å². The number of rotatable bonds is 6.